The summed E-state index contributed by atoms with van der Waals surface area (Å²) in [7, 11) is 0. The summed E-state index contributed by atoms with van der Waals surface area (Å²) in [6.45, 7) is 6.70. The summed E-state index contributed by atoms with van der Waals surface area (Å²) >= 11 is 0. The Morgan fingerprint density at radius 3 is 2.15 bits per heavy atom. The van der Waals surface area contributed by atoms with E-state index < -0.39 is 0 Å². The summed E-state index contributed by atoms with van der Waals surface area (Å²) in [6, 6.07) is 0. The first kappa shape index (κ1) is 9.40. The maximum absolute atomic E-state index is 3.51. The molecule has 0 aliphatic carbocycles. The van der Waals surface area contributed by atoms with Gasteiger partial charge in [-0.15, -0.1) is 0 Å². The van der Waals surface area contributed by atoms with E-state index in [1.807, 2.05) is 0 Å². The van der Waals surface area contributed by atoms with Crippen LogP contribution in [0.25, 0.3) is 0 Å². The van der Waals surface area contributed by atoms with Crippen molar-refractivity contribution in [2.45, 2.75) is 25.7 Å². The van der Waals surface area contributed by atoms with E-state index in [1.165, 1.54) is 6.42 Å². The van der Waals surface area contributed by atoms with Crippen molar-refractivity contribution in [3.05, 3.63) is 0 Å². The molecule has 2 saturated heterocycles. The fourth-order valence-electron chi connectivity index (χ4n) is 2.05. The maximum atomic E-state index is 3.51. The van der Waals surface area contributed by atoms with Gasteiger partial charge >= 0.3 is 0 Å². The van der Waals surface area contributed by atoms with Gasteiger partial charge in [-0.3, -0.25) is 0 Å². The molecule has 4 nitrogen and oxygen atoms in total. The number of nitrogens with one attached hydrogen (secondary N) is 4. The first-order chi connectivity index (χ1) is 6.36. The Kier molecular flexibility index (Phi) is 3.16. The molecule has 0 bridgehead atoms. The number of hydrogen-bond acceptors (Lipinski definition) is 4. The Morgan fingerprint density at radius 1 is 0.923 bits per heavy atom. The van der Waals surface area contributed by atoms with E-state index in [2.05, 4.69) is 28.2 Å². The molecule has 2 aliphatic heterocycles. The van der Waals surface area contributed by atoms with Crippen LogP contribution < -0.4 is 21.3 Å². The van der Waals surface area contributed by atoms with Gasteiger partial charge in [-0.1, -0.05) is 0 Å². The highest BCUT2D eigenvalue weighted by atomic mass is 15.2. The van der Waals surface area contributed by atoms with Crippen molar-refractivity contribution in [2.24, 2.45) is 5.92 Å². The topological polar surface area (TPSA) is 48.1 Å². The molecule has 4 heteroatoms. The summed E-state index contributed by atoms with van der Waals surface area (Å²) < 4.78 is 0. The van der Waals surface area contributed by atoms with Crippen LogP contribution in [0.2, 0.25) is 0 Å². The minimum Gasteiger partial charge on any atom is -0.302 e. The van der Waals surface area contributed by atoms with Crippen molar-refractivity contribution in [1.82, 2.24) is 21.3 Å². The molecule has 0 atom stereocenters. The highest BCUT2D eigenvalue weighted by molar-refractivity contribution is 4.84. The highest BCUT2D eigenvalue weighted by Crippen LogP contribution is 2.06. The van der Waals surface area contributed by atoms with E-state index >= 15 is 0 Å². The van der Waals surface area contributed by atoms with Crippen molar-refractivity contribution in [2.75, 3.05) is 26.2 Å². The lowest BCUT2D eigenvalue weighted by Gasteiger charge is -2.37. The third-order valence-electron chi connectivity index (χ3n) is 2.93. The SMILES string of the molecule is CC1NCC(C2NCCCN2)CN1. The van der Waals surface area contributed by atoms with Crippen LogP contribution in [-0.2, 0) is 0 Å². The zero-order valence-corrected chi connectivity index (χ0v) is 8.27. The molecule has 13 heavy (non-hydrogen) atoms. The fourth-order valence-corrected chi connectivity index (χ4v) is 2.05. The van der Waals surface area contributed by atoms with Crippen LogP contribution in [0.5, 0.6) is 0 Å². The van der Waals surface area contributed by atoms with E-state index in [4.69, 9.17) is 0 Å². The standard InChI is InChI=1S/C9H20N4/c1-7-12-5-8(6-13-7)9-10-3-2-4-11-9/h7-13H,2-6H2,1H3. The third-order valence-corrected chi connectivity index (χ3v) is 2.93. The predicted octanol–water partition coefficient (Wildman–Crippen LogP) is -0.950. The Bertz CT molecular complexity index is 148. The molecule has 76 valence electrons. The Labute approximate surface area is 79.8 Å². The quantitative estimate of drug-likeness (QED) is 0.424. The Balaban J connectivity index is 1.79. The lowest BCUT2D eigenvalue weighted by Crippen LogP contribution is -2.62. The van der Waals surface area contributed by atoms with Gasteiger partial charge in [0.05, 0.1) is 12.3 Å². The lowest BCUT2D eigenvalue weighted by molar-refractivity contribution is 0.208. The molecule has 0 aromatic rings. The van der Waals surface area contributed by atoms with Gasteiger partial charge in [0.15, 0.2) is 0 Å². The van der Waals surface area contributed by atoms with Crippen LogP contribution in [0.1, 0.15) is 13.3 Å². The van der Waals surface area contributed by atoms with Crippen LogP contribution in [-0.4, -0.2) is 38.5 Å². The molecule has 0 aromatic heterocycles. The smallest absolute Gasteiger partial charge is 0.0625 e. The van der Waals surface area contributed by atoms with Crippen LogP contribution in [0.4, 0.5) is 0 Å². The summed E-state index contributed by atoms with van der Waals surface area (Å²) in [5, 5.41) is 13.9. The molecule has 0 saturated carbocycles. The first-order valence-electron chi connectivity index (χ1n) is 5.30. The zero-order chi connectivity index (χ0) is 9.10. The molecule has 0 radical (unpaired) electrons. The largest absolute Gasteiger partial charge is 0.302 e. The molecule has 2 fully saturated rings. The summed E-state index contributed by atoms with van der Waals surface area (Å²) in [5.41, 5.74) is 0. The van der Waals surface area contributed by atoms with Crippen LogP contribution in [0.15, 0.2) is 0 Å². The highest BCUT2D eigenvalue weighted by Gasteiger charge is 2.25. The first-order valence-corrected chi connectivity index (χ1v) is 5.30. The van der Waals surface area contributed by atoms with Gasteiger partial charge in [0, 0.05) is 19.0 Å². The second-order valence-electron chi connectivity index (χ2n) is 4.04. The Morgan fingerprint density at radius 2 is 1.54 bits per heavy atom. The van der Waals surface area contributed by atoms with E-state index in [-0.39, 0.29) is 0 Å². The second kappa shape index (κ2) is 4.37. The molecule has 0 unspecified atom stereocenters. The average molecular weight is 184 g/mol. The van der Waals surface area contributed by atoms with Crippen LogP contribution >= 0.6 is 0 Å². The molecule has 0 amide bonds. The fraction of sp³-hybridized carbons (Fsp3) is 1.00. The van der Waals surface area contributed by atoms with E-state index in [0.29, 0.717) is 18.2 Å². The molecular weight excluding hydrogens is 164 g/mol. The predicted molar refractivity (Wildman–Crippen MR) is 53.4 cm³/mol. The van der Waals surface area contributed by atoms with Gasteiger partial charge in [-0.2, -0.15) is 0 Å². The zero-order valence-electron chi connectivity index (χ0n) is 8.27. The third kappa shape index (κ3) is 2.40. The maximum Gasteiger partial charge on any atom is 0.0625 e. The molecule has 0 aromatic carbocycles. The van der Waals surface area contributed by atoms with E-state index in [0.717, 1.165) is 26.2 Å². The van der Waals surface area contributed by atoms with Crippen molar-refractivity contribution in [1.29, 1.82) is 0 Å². The summed E-state index contributed by atoms with van der Waals surface area (Å²) in [5.74, 6) is 0.677. The number of hydrogen-bond donors (Lipinski definition) is 4. The minimum atomic E-state index is 0.472. The van der Waals surface area contributed by atoms with Crippen molar-refractivity contribution >= 4 is 0 Å². The Hall–Kier alpha value is -0.160. The van der Waals surface area contributed by atoms with Crippen molar-refractivity contribution < 1.29 is 0 Å². The van der Waals surface area contributed by atoms with Gasteiger partial charge in [-0.25, -0.2) is 0 Å². The molecule has 0 spiro atoms. The average Bonchev–Trinajstić information content (AvgIpc) is 2.20. The molecule has 4 N–H and O–H groups in total. The second-order valence-corrected chi connectivity index (χ2v) is 4.04. The minimum absolute atomic E-state index is 0.472. The van der Waals surface area contributed by atoms with E-state index in [9.17, 15) is 0 Å². The number of rotatable bonds is 1. The van der Waals surface area contributed by atoms with Gasteiger partial charge in [0.25, 0.3) is 0 Å². The van der Waals surface area contributed by atoms with E-state index in [1.54, 1.807) is 0 Å². The van der Waals surface area contributed by atoms with Gasteiger partial charge < -0.3 is 21.3 Å². The molecule has 2 rings (SSSR count). The lowest BCUT2D eigenvalue weighted by atomic mass is 10.0. The van der Waals surface area contributed by atoms with Crippen molar-refractivity contribution in [3.8, 4) is 0 Å². The van der Waals surface area contributed by atoms with Crippen LogP contribution in [0, 0.1) is 5.92 Å². The van der Waals surface area contributed by atoms with Gasteiger partial charge in [-0.05, 0) is 26.4 Å². The van der Waals surface area contributed by atoms with Crippen LogP contribution in [0.3, 0.4) is 0 Å². The molecular formula is C9H20N4. The monoisotopic (exact) mass is 184 g/mol. The summed E-state index contributed by atoms with van der Waals surface area (Å²) in [4.78, 5) is 0. The molecule has 2 aliphatic rings. The summed E-state index contributed by atoms with van der Waals surface area (Å²) in [6.07, 6.45) is 2.22. The normalized spacial score (nSPS) is 37.6. The molecule has 2 heterocycles. The van der Waals surface area contributed by atoms with Crippen molar-refractivity contribution in [3.63, 3.8) is 0 Å². The van der Waals surface area contributed by atoms with Gasteiger partial charge in [0.2, 0.25) is 0 Å². The van der Waals surface area contributed by atoms with Gasteiger partial charge in [0.1, 0.15) is 0 Å².